The molecule has 1 fully saturated rings. The number of aliphatic imine (C=N–C) groups is 1. The van der Waals surface area contributed by atoms with Gasteiger partial charge >= 0.3 is 10.2 Å². The summed E-state index contributed by atoms with van der Waals surface area (Å²) < 4.78 is 52.4. The Labute approximate surface area is 177 Å². The van der Waals surface area contributed by atoms with Crippen molar-refractivity contribution >= 4 is 32.3 Å². The van der Waals surface area contributed by atoms with E-state index in [0.29, 0.717) is 34.9 Å². The molecular weight excluding hydrogens is 432 g/mol. The molecule has 0 atom stereocenters. The number of nitrogens with zero attached hydrogens (tertiary/aromatic N) is 5. The first-order chi connectivity index (χ1) is 14.0. The summed E-state index contributed by atoms with van der Waals surface area (Å²) in [5, 5.41) is 3.43. The van der Waals surface area contributed by atoms with Crippen molar-refractivity contribution in [1.82, 2.24) is 13.0 Å². The molecule has 30 heavy (non-hydrogen) atoms. The van der Waals surface area contributed by atoms with Crippen molar-refractivity contribution in [3.8, 4) is 0 Å². The van der Waals surface area contributed by atoms with Crippen molar-refractivity contribution in [1.29, 1.82) is 0 Å². The molecule has 0 radical (unpaired) electrons. The maximum Gasteiger partial charge on any atom is 0.317 e. The number of rotatable bonds is 11. The molecule has 0 bridgehead atoms. The summed E-state index contributed by atoms with van der Waals surface area (Å²) >= 11 is 0. The summed E-state index contributed by atoms with van der Waals surface area (Å²) in [6.45, 7) is 3.44. The first kappa shape index (κ1) is 24.0. The zero-order valence-electron chi connectivity index (χ0n) is 17.0. The van der Waals surface area contributed by atoms with E-state index in [4.69, 9.17) is 10.7 Å². The predicted octanol–water partition coefficient (Wildman–Crippen LogP) is 0.313. The highest BCUT2D eigenvalue weighted by Gasteiger charge is 2.39. The van der Waals surface area contributed by atoms with Crippen molar-refractivity contribution in [2.24, 2.45) is 16.0 Å². The van der Waals surface area contributed by atoms with Crippen LogP contribution >= 0.6 is 0 Å². The van der Waals surface area contributed by atoms with Gasteiger partial charge in [-0.15, -0.1) is 0 Å². The lowest BCUT2D eigenvalue weighted by Crippen LogP contribution is -2.43. The summed E-state index contributed by atoms with van der Waals surface area (Å²) in [6.07, 6.45) is 2.06. The first-order valence-electron chi connectivity index (χ1n) is 8.88. The van der Waals surface area contributed by atoms with E-state index < -0.39 is 25.3 Å². The van der Waals surface area contributed by atoms with Crippen LogP contribution in [0.5, 0.6) is 0 Å². The summed E-state index contributed by atoms with van der Waals surface area (Å²) in [6, 6.07) is 8.80. The monoisotopic (exact) mass is 458 g/mol. The fraction of sp³-hybridized carbons (Fsp3) is 0.412. The molecule has 0 aromatic heterocycles. The lowest BCUT2D eigenvalue weighted by Gasteiger charge is -2.22. The molecule has 1 aliphatic carbocycles. The highest BCUT2D eigenvalue weighted by Crippen LogP contribution is 2.32. The molecule has 0 saturated heterocycles. The Morgan fingerprint density at radius 3 is 2.33 bits per heavy atom. The molecular formula is C17H26N6O5S2. The molecule has 1 aromatic rings. The molecule has 166 valence electrons. The Hall–Kier alpha value is -2.32. The molecule has 0 aliphatic heterocycles. The highest BCUT2D eigenvalue weighted by atomic mass is 32.2. The third kappa shape index (κ3) is 5.64. The van der Waals surface area contributed by atoms with Gasteiger partial charge in [-0.05, 0) is 12.8 Å². The van der Waals surface area contributed by atoms with E-state index in [1.54, 1.807) is 24.3 Å². The smallest absolute Gasteiger partial charge is 0.317 e. The molecule has 0 unspecified atom stereocenters. The van der Waals surface area contributed by atoms with Crippen LogP contribution in [0.15, 0.2) is 52.1 Å². The fourth-order valence-corrected chi connectivity index (χ4v) is 4.30. The topological polar surface area (TPSA) is 138 Å². The maximum absolute atomic E-state index is 13.1. The van der Waals surface area contributed by atoms with Crippen LogP contribution in [-0.4, -0.2) is 75.7 Å². The van der Waals surface area contributed by atoms with Crippen LogP contribution in [0.25, 0.3) is 0 Å². The number of hydrogen-bond acceptors (Lipinski definition) is 8. The van der Waals surface area contributed by atoms with Crippen molar-refractivity contribution in [2.75, 3.05) is 27.7 Å². The minimum Gasteiger partial charge on any atom is -0.399 e. The molecule has 0 amide bonds. The van der Waals surface area contributed by atoms with Crippen molar-refractivity contribution in [3.05, 3.63) is 47.5 Å². The molecule has 2 rings (SSSR count). The Balaban J connectivity index is 2.27. The van der Waals surface area contributed by atoms with Crippen LogP contribution in [0.1, 0.15) is 18.4 Å². The Bertz CT molecular complexity index is 1020. The molecule has 0 heterocycles. The van der Waals surface area contributed by atoms with Gasteiger partial charge in [0, 0.05) is 25.7 Å². The second-order valence-corrected chi connectivity index (χ2v) is 10.6. The van der Waals surface area contributed by atoms with E-state index >= 15 is 0 Å². The molecule has 2 N–H and O–H groups in total. The van der Waals surface area contributed by atoms with Crippen LogP contribution in [0.3, 0.4) is 0 Å². The second-order valence-electron chi connectivity index (χ2n) is 6.63. The highest BCUT2D eigenvalue weighted by molar-refractivity contribution is 7.93. The van der Waals surface area contributed by atoms with Gasteiger partial charge in [-0.2, -0.15) is 21.4 Å². The molecule has 1 aliphatic rings. The van der Waals surface area contributed by atoms with E-state index in [9.17, 15) is 16.8 Å². The number of oxime groups is 1. The van der Waals surface area contributed by atoms with Gasteiger partial charge in [-0.3, -0.25) is 0 Å². The van der Waals surface area contributed by atoms with Gasteiger partial charge in [-0.25, -0.2) is 19.3 Å². The number of nitrogens with two attached hydrogens (primary N) is 1. The Morgan fingerprint density at radius 1 is 1.23 bits per heavy atom. The summed E-state index contributed by atoms with van der Waals surface area (Å²) in [7, 11) is -4.16. The standard InChI is InChI=1S/C17H26N6O5S2/c1-14(19-13-23(18)30(26,27)21(2)3)29(24,25)22(16-10-11-16)12-17(20-28-4)15-8-6-5-7-9-15/h5-9,13,16H,1,10-12,18H2,2-4H3/b19-13-,20-17+. The third-order valence-corrected chi connectivity index (χ3v) is 7.51. The van der Waals surface area contributed by atoms with Gasteiger partial charge in [-0.1, -0.05) is 42.1 Å². The number of hydrogen-bond donors (Lipinski definition) is 1. The quantitative estimate of drug-likeness (QED) is 0.219. The van der Waals surface area contributed by atoms with E-state index in [1.165, 1.54) is 25.5 Å². The van der Waals surface area contributed by atoms with Gasteiger partial charge < -0.3 is 4.84 Å². The Kier molecular flexibility index (Phi) is 7.71. The minimum absolute atomic E-state index is 0.0538. The lowest BCUT2D eigenvalue weighted by molar-refractivity contribution is 0.212. The second kappa shape index (κ2) is 9.66. The summed E-state index contributed by atoms with van der Waals surface area (Å²) in [5.74, 6) is 5.46. The average molecular weight is 459 g/mol. The SMILES string of the molecule is C=C(/N=C\N(N)S(=O)(=O)N(C)C)S(=O)(=O)N(C/C(=N\OC)c1ccccc1)C1CC1. The summed E-state index contributed by atoms with van der Waals surface area (Å²) in [5.41, 5.74) is 1.13. The van der Waals surface area contributed by atoms with E-state index in [-0.39, 0.29) is 12.6 Å². The number of hydrazine groups is 1. The van der Waals surface area contributed by atoms with E-state index in [0.717, 1.165) is 4.31 Å². The maximum atomic E-state index is 13.1. The average Bonchev–Trinajstić information content (AvgIpc) is 3.54. The van der Waals surface area contributed by atoms with Gasteiger partial charge in [0.15, 0.2) is 5.03 Å². The van der Waals surface area contributed by atoms with Gasteiger partial charge in [0.05, 0.1) is 6.54 Å². The third-order valence-electron chi connectivity index (χ3n) is 4.22. The van der Waals surface area contributed by atoms with Gasteiger partial charge in [0.2, 0.25) is 0 Å². The van der Waals surface area contributed by atoms with Gasteiger partial charge in [0.25, 0.3) is 10.0 Å². The lowest BCUT2D eigenvalue weighted by atomic mass is 10.1. The molecule has 1 saturated carbocycles. The largest absolute Gasteiger partial charge is 0.399 e. The van der Waals surface area contributed by atoms with Crippen LogP contribution in [0.4, 0.5) is 0 Å². The number of sulfonamides is 1. The Morgan fingerprint density at radius 2 is 1.83 bits per heavy atom. The van der Waals surface area contributed by atoms with E-state index in [1.807, 2.05) is 6.07 Å². The zero-order chi connectivity index (χ0) is 22.5. The molecule has 0 spiro atoms. The fourth-order valence-electron chi connectivity index (χ4n) is 2.41. The molecule has 11 nitrogen and oxygen atoms in total. The zero-order valence-corrected chi connectivity index (χ0v) is 18.7. The van der Waals surface area contributed by atoms with E-state index in [2.05, 4.69) is 16.7 Å². The first-order valence-corrected chi connectivity index (χ1v) is 11.7. The molecule has 13 heteroatoms. The number of benzene rings is 1. The normalized spacial score (nSPS) is 15.7. The van der Waals surface area contributed by atoms with Crippen molar-refractivity contribution < 1.29 is 21.7 Å². The minimum atomic E-state index is -4.11. The van der Waals surface area contributed by atoms with Crippen LogP contribution in [0.2, 0.25) is 0 Å². The van der Waals surface area contributed by atoms with Crippen LogP contribution < -0.4 is 5.84 Å². The van der Waals surface area contributed by atoms with Gasteiger partial charge in [0.1, 0.15) is 19.2 Å². The van der Waals surface area contributed by atoms with Crippen molar-refractivity contribution in [3.63, 3.8) is 0 Å². The predicted molar refractivity (Wildman–Crippen MR) is 115 cm³/mol. The van der Waals surface area contributed by atoms with Crippen LogP contribution in [0, 0.1) is 0 Å². The van der Waals surface area contributed by atoms with Crippen molar-refractivity contribution in [2.45, 2.75) is 18.9 Å². The van der Waals surface area contributed by atoms with Crippen LogP contribution in [-0.2, 0) is 25.1 Å². The molecule has 1 aromatic carbocycles. The summed E-state index contributed by atoms with van der Waals surface area (Å²) in [4.78, 5) is 8.57.